The lowest BCUT2D eigenvalue weighted by molar-refractivity contribution is 0.565. The van der Waals surface area contributed by atoms with Gasteiger partial charge in [-0.2, -0.15) is 0 Å². The maximum absolute atomic E-state index is 10.9. The van der Waals surface area contributed by atoms with Gasteiger partial charge in [0.2, 0.25) is 0 Å². The van der Waals surface area contributed by atoms with Crippen LogP contribution in [0.2, 0.25) is 5.02 Å². The summed E-state index contributed by atoms with van der Waals surface area (Å²) < 4.78 is 20.8. The second-order valence-corrected chi connectivity index (χ2v) is 4.78. The summed E-state index contributed by atoms with van der Waals surface area (Å²) in [5.74, 6) is 0. The Balaban J connectivity index is 2.79. The number of hydrogen-bond acceptors (Lipinski definition) is 2. The van der Waals surface area contributed by atoms with Crippen LogP contribution in [0.3, 0.4) is 0 Å². The molecule has 0 saturated heterocycles. The van der Waals surface area contributed by atoms with Crippen LogP contribution in [0, 0.1) is 0 Å². The van der Waals surface area contributed by atoms with Crippen LogP contribution in [0.15, 0.2) is 28.5 Å². The van der Waals surface area contributed by atoms with Gasteiger partial charge in [-0.15, -0.1) is 11.3 Å². The van der Waals surface area contributed by atoms with Crippen LogP contribution in [0.1, 0.15) is 0 Å². The molecule has 2 aromatic rings. The molecule has 13 heavy (non-hydrogen) atoms. The molecule has 0 bridgehead atoms. The predicted octanol–water partition coefficient (Wildman–Crippen LogP) is 3.14. The Morgan fingerprint density at radius 3 is 2.92 bits per heavy atom. The molecule has 1 aromatic heterocycles. The molecule has 1 atom stereocenters. The topological polar surface area (TPSA) is 37.3 Å². The summed E-state index contributed by atoms with van der Waals surface area (Å²) in [4.78, 5) is 0.433. The summed E-state index contributed by atoms with van der Waals surface area (Å²) in [6, 6.07) is 5.32. The molecule has 0 saturated carbocycles. The average Bonchev–Trinajstić information content (AvgIpc) is 2.46. The van der Waals surface area contributed by atoms with Gasteiger partial charge in [-0.25, -0.2) is 4.21 Å². The Bertz CT molecular complexity index is 478. The fraction of sp³-hybridized carbons (Fsp3) is 0. The highest BCUT2D eigenvalue weighted by molar-refractivity contribution is 7.79. The summed E-state index contributed by atoms with van der Waals surface area (Å²) in [5.41, 5.74) is 0. The highest BCUT2D eigenvalue weighted by Gasteiger charge is 2.08. The van der Waals surface area contributed by atoms with E-state index in [1.807, 2.05) is 6.07 Å². The maximum Gasteiger partial charge on any atom is 0.188 e. The highest BCUT2D eigenvalue weighted by atomic mass is 35.5. The Morgan fingerprint density at radius 1 is 1.46 bits per heavy atom. The minimum atomic E-state index is -1.93. The van der Waals surface area contributed by atoms with E-state index in [2.05, 4.69) is 0 Å². The van der Waals surface area contributed by atoms with Crippen LogP contribution in [-0.2, 0) is 11.1 Å². The van der Waals surface area contributed by atoms with Gasteiger partial charge in [0.1, 0.15) is 0 Å². The van der Waals surface area contributed by atoms with Gasteiger partial charge >= 0.3 is 0 Å². The fourth-order valence-electron chi connectivity index (χ4n) is 1.11. The number of thiophene rings is 1. The molecule has 0 aliphatic carbocycles. The first-order valence-electron chi connectivity index (χ1n) is 3.46. The smallest absolute Gasteiger partial charge is 0.188 e. The summed E-state index contributed by atoms with van der Waals surface area (Å²) >= 11 is 5.29. The van der Waals surface area contributed by atoms with Crippen LogP contribution in [0.4, 0.5) is 0 Å². The van der Waals surface area contributed by atoms with Crippen molar-refractivity contribution in [1.29, 1.82) is 0 Å². The van der Waals surface area contributed by atoms with E-state index in [-0.39, 0.29) is 0 Å². The average molecular weight is 233 g/mol. The molecule has 68 valence electrons. The van der Waals surface area contributed by atoms with Crippen molar-refractivity contribution in [3.8, 4) is 0 Å². The van der Waals surface area contributed by atoms with Crippen molar-refractivity contribution in [1.82, 2.24) is 0 Å². The van der Waals surface area contributed by atoms with Gasteiger partial charge in [-0.05, 0) is 18.2 Å². The van der Waals surface area contributed by atoms with Crippen molar-refractivity contribution in [2.45, 2.75) is 4.90 Å². The number of halogens is 1. The van der Waals surface area contributed by atoms with Gasteiger partial charge in [0.05, 0.1) is 4.90 Å². The number of benzene rings is 1. The van der Waals surface area contributed by atoms with Crippen LogP contribution < -0.4 is 0 Å². The summed E-state index contributed by atoms with van der Waals surface area (Å²) in [6.45, 7) is 0. The zero-order valence-corrected chi connectivity index (χ0v) is 8.75. The van der Waals surface area contributed by atoms with Crippen molar-refractivity contribution in [3.63, 3.8) is 0 Å². The molecule has 0 radical (unpaired) electrons. The molecule has 1 unspecified atom stereocenters. The van der Waals surface area contributed by atoms with Gasteiger partial charge in [-0.3, -0.25) is 0 Å². The SMILES string of the molecule is O=S(O)c1csc2ccc(Cl)cc12. The quantitative estimate of drug-likeness (QED) is 0.767. The van der Waals surface area contributed by atoms with E-state index in [1.165, 1.54) is 11.3 Å². The number of hydrogen-bond donors (Lipinski definition) is 1. The highest BCUT2D eigenvalue weighted by Crippen LogP contribution is 2.30. The predicted molar refractivity (Wildman–Crippen MR) is 55.9 cm³/mol. The molecule has 0 spiro atoms. The third-order valence-electron chi connectivity index (χ3n) is 1.69. The fourth-order valence-corrected chi connectivity index (χ4v) is 2.98. The van der Waals surface area contributed by atoms with E-state index in [4.69, 9.17) is 16.2 Å². The van der Waals surface area contributed by atoms with E-state index in [0.29, 0.717) is 9.92 Å². The van der Waals surface area contributed by atoms with Gasteiger partial charge in [0, 0.05) is 20.5 Å². The van der Waals surface area contributed by atoms with Crippen LogP contribution in [-0.4, -0.2) is 8.76 Å². The standard InChI is InChI=1S/C8H5ClO2S2/c9-5-1-2-7-6(3-5)8(4-12-7)13(10)11/h1-4H,(H,10,11). The Kier molecular flexibility index (Phi) is 2.38. The van der Waals surface area contributed by atoms with E-state index in [0.717, 1.165) is 10.1 Å². The first-order chi connectivity index (χ1) is 6.18. The van der Waals surface area contributed by atoms with Gasteiger partial charge in [0.15, 0.2) is 11.1 Å². The van der Waals surface area contributed by atoms with E-state index >= 15 is 0 Å². The maximum atomic E-state index is 10.9. The van der Waals surface area contributed by atoms with Crippen molar-refractivity contribution in [2.75, 3.05) is 0 Å². The Hall–Kier alpha value is -0.420. The van der Waals surface area contributed by atoms with Gasteiger partial charge < -0.3 is 4.55 Å². The normalized spacial score (nSPS) is 13.4. The molecular weight excluding hydrogens is 228 g/mol. The number of fused-ring (bicyclic) bond motifs is 1. The summed E-state index contributed by atoms with van der Waals surface area (Å²) in [6.07, 6.45) is 0. The molecule has 1 N–H and O–H groups in total. The second-order valence-electron chi connectivity index (χ2n) is 2.49. The van der Waals surface area contributed by atoms with E-state index in [1.54, 1.807) is 17.5 Å². The molecule has 5 heteroatoms. The van der Waals surface area contributed by atoms with Crippen LogP contribution in [0.25, 0.3) is 10.1 Å². The minimum Gasteiger partial charge on any atom is -0.302 e. The third-order valence-corrected chi connectivity index (χ3v) is 3.75. The molecule has 0 aliphatic heterocycles. The molecule has 2 rings (SSSR count). The summed E-state index contributed by atoms with van der Waals surface area (Å²) in [5, 5.41) is 3.02. The van der Waals surface area contributed by atoms with E-state index in [9.17, 15) is 4.21 Å². The Labute approximate surface area is 86.4 Å². The van der Waals surface area contributed by atoms with Crippen molar-refractivity contribution >= 4 is 44.1 Å². The van der Waals surface area contributed by atoms with Crippen molar-refractivity contribution in [3.05, 3.63) is 28.6 Å². The first-order valence-corrected chi connectivity index (χ1v) is 5.82. The zero-order chi connectivity index (χ0) is 9.42. The first kappa shape index (κ1) is 9.15. The molecule has 1 aromatic carbocycles. The Morgan fingerprint density at radius 2 is 2.23 bits per heavy atom. The van der Waals surface area contributed by atoms with Gasteiger partial charge in [0.25, 0.3) is 0 Å². The summed E-state index contributed by atoms with van der Waals surface area (Å²) in [7, 11) is 0. The zero-order valence-electron chi connectivity index (χ0n) is 6.36. The third kappa shape index (κ3) is 1.62. The molecule has 0 aliphatic rings. The molecule has 0 fully saturated rings. The van der Waals surface area contributed by atoms with Crippen LogP contribution >= 0.6 is 22.9 Å². The minimum absolute atomic E-state index is 0.433. The molecule has 1 heterocycles. The van der Waals surface area contributed by atoms with Crippen molar-refractivity contribution < 1.29 is 8.76 Å². The lowest BCUT2D eigenvalue weighted by atomic mass is 10.3. The molecular formula is C8H5ClO2S2. The molecule has 2 nitrogen and oxygen atoms in total. The lowest BCUT2D eigenvalue weighted by Gasteiger charge is -1.93. The van der Waals surface area contributed by atoms with Crippen molar-refractivity contribution in [2.24, 2.45) is 0 Å². The lowest BCUT2D eigenvalue weighted by Crippen LogP contribution is -1.84. The largest absolute Gasteiger partial charge is 0.302 e. The van der Waals surface area contributed by atoms with Gasteiger partial charge in [-0.1, -0.05) is 11.6 Å². The molecule has 0 amide bonds. The monoisotopic (exact) mass is 232 g/mol. The number of rotatable bonds is 1. The van der Waals surface area contributed by atoms with Crippen LogP contribution in [0.5, 0.6) is 0 Å². The second kappa shape index (κ2) is 3.38. The van der Waals surface area contributed by atoms with E-state index < -0.39 is 11.1 Å².